The molecule has 0 aliphatic carbocycles. The van der Waals surface area contributed by atoms with Gasteiger partial charge in [-0.1, -0.05) is 13.5 Å². The molecule has 0 amide bonds. The van der Waals surface area contributed by atoms with Crippen molar-refractivity contribution in [2.45, 2.75) is 13.3 Å². The molecule has 0 spiro atoms. The maximum atomic E-state index is 12.6. The maximum Gasteiger partial charge on any atom is 0.143 e. The number of rotatable bonds is 4. The van der Waals surface area contributed by atoms with Crippen molar-refractivity contribution in [2.75, 3.05) is 0 Å². The van der Waals surface area contributed by atoms with Crippen LogP contribution in [0.3, 0.4) is 0 Å². The molecular formula is C7H11FN2. The standard InChI is InChI=1S/C7H11FN2/c1-4-6(8)7(5-2)10-9-3/h4,10H,1,3,5H2,2H3/b7-6-. The van der Waals surface area contributed by atoms with Gasteiger partial charge in [0, 0.05) is 6.72 Å². The second-order valence-electron chi connectivity index (χ2n) is 1.65. The van der Waals surface area contributed by atoms with Crippen molar-refractivity contribution in [3.63, 3.8) is 0 Å². The molecule has 0 aromatic carbocycles. The number of hydrazone groups is 1. The fourth-order valence-corrected chi connectivity index (χ4v) is 0.520. The van der Waals surface area contributed by atoms with E-state index in [4.69, 9.17) is 0 Å². The average Bonchev–Trinajstić information content (AvgIpc) is 1.99. The van der Waals surface area contributed by atoms with Crippen LogP contribution in [0.2, 0.25) is 0 Å². The average molecular weight is 142 g/mol. The first-order chi connectivity index (χ1) is 4.76. The first-order valence-corrected chi connectivity index (χ1v) is 2.99. The molecule has 0 aromatic rings. The van der Waals surface area contributed by atoms with E-state index in [1.54, 1.807) is 0 Å². The minimum absolute atomic E-state index is 0.380. The second kappa shape index (κ2) is 4.73. The zero-order chi connectivity index (χ0) is 7.98. The minimum atomic E-state index is -0.380. The van der Waals surface area contributed by atoms with Gasteiger partial charge in [0.1, 0.15) is 5.83 Å². The van der Waals surface area contributed by atoms with Crippen LogP contribution in [0.25, 0.3) is 0 Å². The summed E-state index contributed by atoms with van der Waals surface area (Å²) in [7, 11) is 0. The molecule has 3 heteroatoms. The van der Waals surface area contributed by atoms with Crippen LogP contribution < -0.4 is 5.43 Å². The van der Waals surface area contributed by atoms with Crippen molar-refractivity contribution < 1.29 is 4.39 Å². The molecule has 0 aliphatic rings. The van der Waals surface area contributed by atoms with Gasteiger partial charge in [-0.3, -0.25) is 5.43 Å². The summed E-state index contributed by atoms with van der Waals surface area (Å²) in [5, 5.41) is 3.33. The highest BCUT2D eigenvalue weighted by Crippen LogP contribution is 2.07. The Morgan fingerprint density at radius 2 is 2.40 bits per heavy atom. The molecule has 0 fully saturated rings. The van der Waals surface area contributed by atoms with Crippen molar-refractivity contribution in [1.29, 1.82) is 0 Å². The molecule has 0 radical (unpaired) electrons. The highest BCUT2D eigenvalue weighted by Gasteiger charge is 1.97. The number of hydrogen-bond donors (Lipinski definition) is 1. The Morgan fingerprint density at radius 1 is 1.80 bits per heavy atom. The topological polar surface area (TPSA) is 24.4 Å². The van der Waals surface area contributed by atoms with Crippen molar-refractivity contribution in [3.05, 3.63) is 24.2 Å². The largest absolute Gasteiger partial charge is 0.280 e. The lowest BCUT2D eigenvalue weighted by molar-refractivity contribution is 0.625. The molecule has 0 atom stereocenters. The van der Waals surface area contributed by atoms with Gasteiger partial charge in [0.05, 0.1) is 5.70 Å². The van der Waals surface area contributed by atoms with E-state index in [9.17, 15) is 4.39 Å². The van der Waals surface area contributed by atoms with Gasteiger partial charge in [0.2, 0.25) is 0 Å². The second-order valence-corrected chi connectivity index (χ2v) is 1.65. The summed E-state index contributed by atoms with van der Waals surface area (Å²) < 4.78 is 12.6. The van der Waals surface area contributed by atoms with Gasteiger partial charge in [-0.25, -0.2) is 4.39 Å². The fraction of sp³-hybridized carbons (Fsp3) is 0.286. The Balaban J connectivity index is 4.27. The molecule has 0 bridgehead atoms. The fourth-order valence-electron chi connectivity index (χ4n) is 0.520. The SMILES string of the molecule is C=C/C(F)=C(\CC)NN=C. The van der Waals surface area contributed by atoms with E-state index in [0.29, 0.717) is 12.1 Å². The number of halogens is 1. The van der Waals surface area contributed by atoms with Crippen molar-refractivity contribution in [2.24, 2.45) is 5.10 Å². The number of hydrogen-bond acceptors (Lipinski definition) is 2. The molecule has 0 rings (SSSR count). The summed E-state index contributed by atoms with van der Waals surface area (Å²) in [5.74, 6) is -0.380. The number of nitrogens with one attached hydrogen (secondary N) is 1. The van der Waals surface area contributed by atoms with E-state index in [1.807, 2.05) is 6.92 Å². The van der Waals surface area contributed by atoms with Gasteiger partial charge >= 0.3 is 0 Å². The smallest absolute Gasteiger partial charge is 0.143 e. The van der Waals surface area contributed by atoms with Crippen LogP contribution in [0.1, 0.15) is 13.3 Å². The van der Waals surface area contributed by atoms with Crippen LogP contribution in [0.5, 0.6) is 0 Å². The summed E-state index contributed by atoms with van der Waals surface area (Å²) in [6.45, 7) is 8.26. The molecule has 0 saturated carbocycles. The summed E-state index contributed by atoms with van der Waals surface area (Å²) in [5.41, 5.74) is 2.84. The van der Waals surface area contributed by atoms with Gasteiger partial charge < -0.3 is 0 Å². The molecule has 0 aliphatic heterocycles. The van der Waals surface area contributed by atoms with Gasteiger partial charge in [0.15, 0.2) is 0 Å². The Bertz CT molecular complexity index is 161. The third-order valence-electron chi connectivity index (χ3n) is 1.04. The van der Waals surface area contributed by atoms with E-state index in [0.717, 1.165) is 6.08 Å². The van der Waals surface area contributed by atoms with E-state index < -0.39 is 0 Å². The van der Waals surface area contributed by atoms with Crippen LogP contribution >= 0.6 is 0 Å². The monoisotopic (exact) mass is 142 g/mol. The summed E-state index contributed by atoms with van der Waals surface area (Å²) in [4.78, 5) is 0. The molecule has 1 N–H and O–H groups in total. The summed E-state index contributed by atoms with van der Waals surface area (Å²) in [6.07, 6.45) is 1.69. The zero-order valence-corrected chi connectivity index (χ0v) is 6.02. The highest BCUT2D eigenvalue weighted by molar-refractivity contribution is 5.24. The van der Waals surface area contributed by atoms with Crippen molar-refractivity contribution in [1.82, 2.24) is 5.43 Å². The van der Waals surface area contributed by atoms with Gasteiger partial charge in [-0.05, 0) is 12.5 Å². The Morgan fingerprint density at radius 3 is 2.70 bits per heavy atom. The van der Waals surface area contributed by atoms with Crippen LogP contribution in [0.4, 0.5) is 4.39 Å². The number of nitrogens with zero attached hydrogens (tertiary/aromatic N) is 1. The Kier molecular flexibility index (Phi) is 4.20. The predicted octanol–water partition coefficient (Wildman–Crippen LogP) is 1.97. The molecular weight excluding hydrogens is 131 g/mol. The first-order valence-electron chi connectivity index (χ1n) is 2.99. The van der Waals surface area contributed by atoms with Crippen molar-refractivity contribution in [3.8, 4) is 0 Å². The quantitative estimate of drug-likeness (QED) is 0.362. The van der Waals surface area contributed by atoms with E-state index in [1.165, 1.54) is 0 Å². The summed E-state index contributed by atoms with van der Waals surface area (Å²) in [6, 6.07) is 0. The lowest BCUT2D eigenvalue weighted by Crippen LogP contribution is -2.04. The number of allylic oxidation sites excluding steroid dienone is 3. The normalized spacial score (nSPS) is 11.8. The first kappa shape index (κ1) is 8.88. The van der Waals surface area contributed by atoms with E-state index in [2.05, 4.69) is 23.8 Å². The van der Waals surface area contributed by atoms with Crippen LogP contribution in [0.15, 0.2) is 29.3 Å². The van der Waals surface area contributed by atoms with Gasteiger partial charge in [0.25, 0.3) is 0 Å². The lowest BCUT2D eigenvalue weighted by Gasteiger charge is -2.01. The molecule has 0 heterocycles. The Hall–Kier alpha value is -1.12. The van der Waals surface area contributed by atoms with Crippen LogP contribution in [-0.4, -0.2) is 6.72 Å². The highest BCUT2D eigenvalue weighted by atomic mass is 19.1. The molecule has 2 nitrogen and oxygen atoms in total. The van der Waals surface area contributed by atoms with E-state index in [-0.39, 0.29) is 5.83 Å². The molecule has 10 heavy (non-hydrogen) atoms. The molecule has 0 saturated heterocycles. The van der Waals surface area contributed by atoms with E-state index >= 15 is 0 Å². The van der Waals surface area contributed by atoms with Crippen molar-refractivity contribution >= 4 is 6.72 Å². The zero-order valence-electron chi connectivity index (χ0n) is 6.02. The Labute approximate surface area is 60.1 Å². The molecule has 56 valence electrons. The molecule has 0 unspecified atom stereocenters. The third-order valence-corrected chi connectivity index (χ3v) is 1.04. The van der Waals surface area contributed by atoms with Crippen LogP contribution in [-0.2, 0) is 0 Å². The van der Waals surface area contributed by atoms with Gasteiger partial charge in [-0.15, -0.1) is 0 Å². The molecule has 0 aromatic heterocycles. The lowest BCUT2D eigenvalue weighted by atomic mass is 10.3. The third kappa shape index (κ3) is 2.44. The van der Waals surface area contributed by atoms with Crippen LogP contribution in [0, 0.1) is 0 Å². The van der Waals surface area contributed by atoms with Gasteiger partial charge in [-0.2, -0.15) is 5.10 Å². The predicted molar refractivity (Wildman–Crippen MR) is 41.3 cm³/mol. The maximum absolute atomic E-state index is 12.6. The summed E-state index contributed by atoms with van der Waals surface area (Å²) >= 11 is 0. The minimum Gasteiger partial charge on any atom is -0.280 e.